The second kappa shape index (κ2) is 6.37. The van der Waals surface area contributed by atoms with Gasteiger partial charge >= 0.3 is 0 Å². The number of nitrogens with zero attached hydrogens (tertiary/aromatic N) is 1. The monoisotopic (exact) mass is 303 g/mol. The molecule has 0 aliphatic rings. The molecule has 1 aromatic carbocycles. The molecule has 21 heavy (non-hydrogen) atoms. The molecule has 3 N–H and O–H groups in total. The first-order chi connectivity index (χ1) is 9.83. The van der Waals surface area contributed by atoms with Crippen LogP contribution in [-0.2, 0) is 11.2 Å². The second-order valence-corrected chi connectivity index (χ2v) is 6.81. The van der Waals surface area contributed by atoms with E-state index in [2.05, 4.69) is 29.4 Å². The van der Waals surface area contributed by atoms with Crippen molar-refractivity contribution in [3.8, 4) is 10.6 Å². The maximum Gasteiger partial charge on any atom is 0.226 e. The molecule has 4 nitrogen and oxygen atoms in total. The SMILES string of the molecule is Cc1cccc(-c2nc(CC(=O)NCC(C)(C)N)cs2)c1. The minimum absolute atomic E-state index is 0.0467. The van der Waals surface area contributed by atoms with Crippen LogP contribution in [0.3, 0.4) is 0 Å². The molecule has 0 spiro atoms. The predicted molar refractivity (Wildman–Crippen MR) is 87.3 cm³/mol. The Kier molecular flexibility index (Phi) is 4.75. The average molecular weight is 303 g/mol. The number of amides is 1. The van der Waals surface area contributed by atoms with Gasteiger partial charge in [0.25, 0.3) is 0 Å². The fourth-order valence-electron chi connectivity index (χ4n) is 1.85. The van der Waals surface area contributed by atoms with Gasteiger partial charge in [0, 0.05) is 23.0 Å². The minimum Gasteiger partial charge on any atom is -0.354 e. The standard InChI is InChI=1S/C16H21N3OS/c1-11-5-4-6-12(7-11)15-19-13(9-21-15)8-14(20)18-10-16(2,3)17/h4-7,9H,8,10,17H2,1-3H3,(H,18,20). The van der Waals surface area contributed by atoms with Crippen molar-refractivity contribution in [2.45, 2.75) is 32.7 Å². The first kappa shape index (κ1) is 15.7. The lowest BCUT2D eigenvalue weighted by atomic mass is 10.1. The molecule has 1 aromatic heterocycles. The molecule has 0 unspecified atom stereocenters. The maximum atomic E-state index is 11.9. The number of hydrogen-bond donors (Lipinski definition) is 2. The minimum atomic E-state index is -0.398. The highest BCUT2D eigenvalue weighted by Gasteiger charge is 2.14. The zero-order chi connectivity index (χ0) is 15.5. The molecule has 0 radical (unpaired) electrons. The van der Waals surface area contributed by atoms with Crippen molar-refractivity contribution in [1.29, 1.82) is 0 Å². The summed E-state index contributed by atoms with van der Waals surface area (Å²) in [6, 6.07) is 8.20. The molecule has 0 aliphatic heterocycles. The van der Waals surface area contributed by atoms with E-state index < -0.39 is 5.54 Å². The zero-order valence-corrected chi connectivity index (χ0v) is 13.5. The van der Waals surface area contributed by atoms with Crippen molar-refractivity contribution in [2.24, 2.45) is 5.73 Å². The van der Waals surface area contributed by atoms with Crippen LogP contribution in [0.1, 0.15) is 25.1 Å². The summed E-state index contributed by atoms with van der Waals surface area (Å²) in [5, 5.41) is 5.71. The first-order valence-corrected chi connectivity index (χ1v) is 7.78. The third kappa shape index (κ3) is 4.95. The van der Waals surface area contributed by atoms with Gasteiger partial charge < -0.3 is 11.1 Å². The molecule has 1 amide bonds. The number of aromatic nitrogens is 1. The first-order valence-electron chi connectivity index (χ1n) is 6.90. The van der Waals surface area contributed by atoms with Crippen molar-refractivity contribution in [1.82, 2.24) is 10.3 Å². The van der Waals surface area contributed by atoms with E-state index in [0.717, 1.165) is 16.3 Å². The van der Waals surface area contributed by atoms with E-state index in [0.29, 0.717) is 13.0 Å². The van der Waals surface area contributed by atoms with Gasteiger partial charge in [0.05, 0.1) is 12.1 Å². The fourth-order valence-corrected chi connectivity index (χ4v) is 2.67. The van der Waals surface area contributed by atoms with Gasteiger partial charge in [0.2, 0.25) is 5.91 Å². The van der Waals surface area contributed by atoms with Crippen LogP contribution in [0.15, 0.2) is 29.6 Å². The Bertz CT molecular complexity index is 628. The predicted octanol–water partition coefficient (Wildman–Crippen LogP) is 2.51. The summed E-state index contributed by atoms with van der Waals surface area (Å²) >= 11 is 1.56. The van der Waals surface area contributed by atoms with Crippen LogP contribution in [-0.4, -0.2) is 23.0 Å². The van der Waals surface area contributed by atoms with Gasteiger partial charge in [-0.05, 0) is 26.8 Å². The number of rotatable bonds is 5. The molecule has 2 aromatic rings. The van der Waals surface area contributed by atoms with Crippen molar-refractivity contribution in [3.63, 3.8) is 0 Å². The van der Waals surface area contributed by atoms with E-state index in [1.165, 1.54) is 5.56 Å². The summed E-state index contributed by atoms with van der Waals surface area (Å²) in [5.41, 5.74) is 8.53. The molecule has 0 fully saturated rings. The number of hydrogen-bond acceptors (Lipinski definition) is 4. The molecule has 1 heterocycles. The lowest BCUT2D eigenvalue weighted by Gasteiger charge is -2.18. The topological polar surface area (TPSA) is 68.0 Å². The molecule has 0 saturated heterocycles. The highest BCUT2D eigenvalue weighted by atomic mass is 32.1. The van der Waals surface area contributed by atoms with Crippen molar-refractivity contribution in [2.75, 3.05) is 6.54 Å². The highest BCUT2D eigenvalue weighted by Crippen LogP contribution is 2.24. The Morgan fingerprint density at radius 2 is 2.19 bits per heavy atom. The molecule has 5 heteroatoms. The average Bonchev–Trinajstić information content (AvgIpc) is 2.84. The Morgan fingerprint density at radius 3 is 2.86 bits per heavy atom. The molecule has 0 aliphatic carbocycles. The third-order valence-corrected chi connectivity index (χ3v) is 3.84. The summed E-state index contributed by atoms with van der Waals surface area (Å²) in [4.78, 5) is 16.4. The van der Waals surface area contributed by atoms with Crippen LogP contribution in [0.5, 0.6) is 0 Å². The zero-order valence-electron chi connectivity index (χ0n) is 12.6. The van der Waals surface area contributed by atoms with E-state index >= 15 is 0 Å². The summed E-state index contributed by atoms with van der Waals surface area (Å²) in [6.45, 7) is 6.28. The van der Waals surface area contributed by atoms with Crippen LogP contribution >= 0.6 is 11.3 Å². The van der Waals surface area contributed by atoms with E-state index in [-0.39, 0.29) is 5.91 Å². The van der Waals surface area contributed by atoms with Gasteiger partial charge in [-0.3, -0.25) is 4.79 Å². The van der Waals surface area contributed by atoms with Gasteiger partial charge in [0.1, 0.15) is 5.01 Å². The van der Waals surface area contributed by atoms with Crippen LogP contribution < -0.4 is 11.1 Å². The second-order valence-electron chi connectivity index (χ2n) is 5.96. The Hall–Kier alpha value is -1.72. The molecule has 2 rings (SSSR count). The fraction of sp³-hybridized carbons (Fsp3) is 0.375. The molecule has 0 bridgehead atoms. The molecular formula is C16H21N3OS. The molecular weight excluding hydrogens is 282 g/mol. The van der Waals surface area contributed by atoms with Crippen LogP contribution in [0.2, 0.25) is 0 Å². The summed E-state index contributed by atoms with van der Waals surface area (Å²) in [6.07, 6.45) is 0.290. The Balaban J connectivity index is 1.99. The van der Waals surface area contributed by atoms with Gasteiger partial charge in [0.15, 0.2) is 0 Å². The van der Waals surface area contributed by atoms with E-state index in [4.69, 9.17) is 5.73 Å². The Morgan fingerprint density at radius 1 is 1.43 bits per heavy atom. The van der Waals surface area contributed by atoms with E-state index in [1.807, 2.05) is 31.4 Å². The lowest BCUT2D eigenvalue weighted by Crippen LogP contribution is -2.45. The smallest absolute Gasteiger partial charge is 0.226 e. The third-order valence-electron chi connectivity index (χ3n) is 2.90. The van der Waals surface area contributed by atoms with Crippen molar-refractivity contribution < 1.29 is 4.79 Å². The molecule has 0 saturated carbocycles. The van der Waals surface area contributed by atoms with Crippen molar-refractivity contribution in [3.05, 3.63) is 40.9 Å². The van der Waals surface area contributed by atoms with E-state index in [9.17, 15) is 4.79 Å². The van der Waals surface area contributed by atoms with Gasteiger partial charge in [-0.1, -0.05) is 23.8 Å². The van der Waals surface area contributed by atoms with Gasteiger partial charge in [-0.25, -0.2) is 4.98 Å². The molecule has 112 valence electrons. The quantitative estimate of drug-likeness (QED) is 0.892. The summed E-state index contributed by atoms with van der Waals surface area (Å²) in [7, 11) is 0. The number of carbonyl (C=O) groups is 1. The number of thiazole rings is 1. The highest BCUT2D eigenvalue weighted by molar-refractivity contribution is 7.13. The number of carbonyl (C=O) groups excluding carboxylic acids is 1. The van der Waals surface area contributed by atoms with Gasteiger partial charge in [-0.15, -0.1) is 11.3 Å². The molecule has 0 atom stereocenters. The number of nitrogens with two attached hydrogens (primary N) is 1. The lowest BCUT2D eigenvalue weighted by molar-refractivity contribution is -0.120. The van der Waals surface area contributed by atoms with Crippen LogP contribution in [0, 0.1) is 6.92 Å². The normalized spacial score (nSPS) is 11.4. The van der Waals surface area contributed by atoms with E-state index in [1.54, 1.807) is 11.3 Å². The summed E-state index contributed by atoms with van der Waals surface area (Å²) < 4.78 is 0. The summed E-state index contributed by atoms with van der Waals surface area (Å²) in [5.74, 6) is -0.0467. The maximum absolute atomic E-state index is 11.9. The largest absolute Gasteiger partial charge is 0.354 e. The van der Waals surface area contributed by atoms with Crippen LogP contribution in [0.25, 0.3) is 10.6 Å². The van der Waals surface area contributed by atoms with Crippen molar-refractivity contribution >= 4 is 17.2 Å². The van der Waals surface area contributed by atoms with Gasteiger partial charge in [-0.2, -0.15) is 0 Å². The number of benzene rings is 1. The number of nitrogens with one attached hydrogen (secondary N) is 1. The Labute approximate surface area is 129 Å². The van der Waals surface area contributed by atoms with Crippen LogP contribution in [0.4, 0.5) is 0 Å². The number of aryl methyl sites for hydroxylation is 1.